The van der Waals surface area contributed by atoms with Crippen LogP contribution in [0.3, 0.4) is 0 Å². The molecule has 0 aliphatic heterocycles. The molecule has 0 amide bonds. The van der Waals surface area contributed by atoms with Gasteiger partial charge in [-0.05, 0) is 19.2 Å². The van der Waals surface area contributed by atoms with Gasteiger partial charge >= 0.3 is 0 Å². The lowest BCUT2D eigenvalue weighted by atomic mass is 10.2. The van der Waals surface area contributed by atoms with Gasteiger partial charge in [0.2, 0.25) is 0 Å². The topological polar surface area (TPSA) is 62.4 Å². The van der Waals surface area contributed by atoms with Crippen molar-refractivity contribution in [3.05, 3.63) is 36.2 Å². The molecule has 0 saturated heterocycles. The summed E-state index contributed by atoms with van der Waals surface area (Å²) in [5.41, 5.74) is 0.913. The summed E-state index contributed by atoms with van der Waals surface area (Å²) in [5, 5.41) is 12.7. The second kappa shape index (κ2) is 5.56. The third kappa shape index (κ3) is 3.12. The lowest BCUT2D eigenvalue weighted by molar-refractivity contribution is 0.213. The fraction of sp³-hybridized carbons (Fsp3) is 0.333. The highest BCUT2D eigenvalue weighted by molar-refractivity contribution is 5.51. The fourth-order valence-electron chi connectivity index (χ4n) is 1.51. The Labute approximate surface area is 99.7 Å². The van der Waals surface area contributed by atoms with E-state index in [0.717, 1.165) is 5.56 Å². The highest BCUT2D eigenvalue weighted by Crippen LogP contribution is 2.16. The van der Waals surface area contributed by atoms with Crippen LogP contribution in [0.5, 0.6) is 0 Å². The first-order chi connectivity index (χ1) is 8.29. The van der Waals surface area contributed by atoms with Gasteiger partial charge in [-0.25, -0.2) is 0 Å². The quantitative estimate of drug-likeness (QED) is 0.839. The molecule has 2 rings (SSSR count). The van der Waals surface area contributed by atoms with E-state index in [1.54, 1.807) is 0 Å². The molecule has 1 aromatic carbocycles. The molecular weight excluding hydrogens is 218 g/mol. The SMILES string of the molecule is CN(CCO)Cc1noc(-c2ccccc2)n1. The van der Waals surface area contributed by atoms with Gasteiger partial charge < -0.3 is 9.63 Å². The van der Waals surface area contributed by atoms with Crippen LogP contribution in [-0.4, -0.2) is 40.3 Å². The molecule has 17 heavy (non-hydrogen) atoms. The molecule has 0 aliphatic rings. The van der Waals surface area contributed by atoms with E-state index < -0.39 is 0 Å². The molecule has 0 aliphatic carbocycles. The Balaban J connectivity index is 2.06. The molecule has 1 heterocycles. The van der Waals surface area contributed by atoms with Gasteiger partial charge in [-0.15, -0.1) is 0 Å². The lowest BCUT2D eigenvalue weighted by Gasteiger charge is -2.11. The number of likely N-dealkylation sites (N-methyl/N-ethyl adjacent to an activating group) is 1. The zero-order valence-electron chi connectivity index (χ0n) is 9.71. The second-order valence-corrected chi connectivity index (χ2v) is 3.84. The minimum atomic E-state index is 0.125. The first-order valence-electron chi connectivity index (χ1n) is 5.47. The summed E-state index contributed by atoms with van der Waals surface area (Å²) in [7, 11) is 1.90. The number of aliphatic hydroxyl groups is 1. The van der Waals surface area contributed by atoms with E-state index in [-0.39, 0.29) is 6.61 Å². The molecule has 0 atom stereocenters. The van der Waals surface area contributed by atoms with E-state index in [1.165, 1.54) is 0 Å². The summed E-state index contributed by atoms with van der Waals surface area (Å²) in [4.78, 5) is 6.23. The molecule has 5 nitrogen and oxygen atoms in total. The fourth-order valence-corrected chi connectivity index (χ4v) is 1.51. The molecular formula is C12H15N3O2. The Morgan fingerprint density at radius 3 is 2.76 bits per heavy atom. The maximum atomic E-state index is 8.79. The van der Waals surface area contributed by atoms with Crippen LogP contribution in [0.15, 0.2) is 34.9 Å². The molecule has 2 aromatic rings. The van der Waals surface area contributed by atoms with Crippen LogP contribution >= 0.6 is 0 Å². The first kappa shape index (κ1) is 11.8. The molecule has 0 unspecified atom stereocenters. The van der Waals surface area contributed by atoms with Crippen molar-refractivity contribution >= 4 is 0 Å². The molecule has 5 heteroatoms. The normalized spacial score (nSPS) is 11.0. The van der Waals surface area contributed by atoms with Gasteiger partial charge in [0.15, 0.2) is 5.82 Å². The Bertz CT molecular complexity index is 456. The Hall–Kier alpha value is -1.72. The summed E-state index contributed by atoms with van der Waals surface area (Å²) in [6.45, 7) is 1.28. The number of hydrogen-bond acceptors (Lipinski definition) is 5. The van der Waals surface area contributed by atoms with E-state index in [9.17, 15) is 0 Å². The van der Waals surface area contributed by atoms with Crippen molar-refractivity contribution in [3.8, 4) is 11.5 Å². The van der Waals surface area contributed by atoms with Crippen LogP contribution < -0.4 is 0 Å². The summed E-state index contributed by atoms with van der Waals surface area (Å²) < 4.78 is 5.18. The van der Waals surface area contributed by atoms with E-state index in [0.29, 0.717) is 24.8 Å². The Morgan fingerprint density at radius 2 is 2.06 bits per heavy atom. The summed E-state index contributed by atoms with van der Waals surface area (Å²) in [5.74, 6) is 1.15. The Morgan fingerprint density at radius 1 is 1.29 bits per heavy atom. The van der Waals surface area contributed by atoms with E-state index >= 15 is 0 Å². The maximum Gasteiger partial charge on any atom is 0.257 e. The lowest BCUT2D eigenvalue weighted by Crippen LogP contribution is -2.22. The van der Waals surface area contributed by atoms with Crippen molar-refractivity contribution in [1.29, 1.82) is 0 Å². The van der Waals surface area contributed by atoms with Crippen LogP contribution in [0.25, 0.3) is 11.5 Å². The molecule has 0 saturated carbocycles. The summed E-state index contributed by atoms with van der Waals surface area (Å²) >= 11 is 0. The highest BCUT2D eigenvalue weighted by atomic mass is 16.5. The van der Waals surface area contributed by atoms with Crippen LogP contribution in [0.2, 0.25) is 0 Å². The smallest absolute Gasteiger partial charge is 0.257 e. The van der Waals surface area contributed by atoms with Crippen molar-refractivity contribution < 1.29 is 9.63 Å². The van der Waals surface area contributed by atoms with Gasteiger partial charge in [-0.1, -0.05) is 23.4 Å². The average Bonchev–Trinajstić information content (AvgIpc) is 2.79. The van der Waals surface area contributed by atoms with Crippen LogP contribution in [0, 0.1) is 0 Å². The van der Waals surface area contributed by atoms with Gasteiger partial charge in [-0.3, -0.25) is 4.90 Å². The van der Waals surface area contributed by atoms with E-state index in [1.807, 2.05) is 42.3 Å². The second-order valence-electron chi connectivity index (χ2n) is 3.84. The van der Waals surface area contributed by atoms with Gasteiger partial charge in [0.05, 0.1) is 13.2 Å². The van der Waals surface area contributed by atoms with E-state index in [2.05, 4.69) is 10.1 Å². The highest BCUT2D eigenvalue weighted by Gasteiger charge is 2.09. The standard InChI is InChI=1S/C12H15N3O2/c1-15(7-8-16)9-11-13-12(17-14-11)10-5-3-2-4-6-10/h2-6,16H,7-9H2,1H3. The number of hydrogen-bond donors (Lipinski definition) is 1. The molecule has 0 bridgehead atoms. The van der Waals surface area contributed by atoms with Crippen LogP contribution in [0.1, 0.15) is 5.82 Å². The zero-order valence-corrected chi connectivity index (χ0v) is 9.71. The molecule has 1 aromatic heterocycles. The zero-order chi connectivity index (χ0) is 12.1. The molecule has 0 radical (unpaired) electrons. The van der Waals surface area contributed by atoms with Crippen LogP contribution in [-0.2, 0) is 6.54 Å². The number of aromatic nitrogens is 2. The van der Waals surface area contributed by atoms with Crippen molar-refractivity contribution in [1.82, 2.24) is 15.0 Å². The molecule has 0 spiro atoms. The van der Waals surface area contributed by atoms with Gasteiger partial charge in [0.25, 0.3) is 5.89 Å². The first-order valence-corrected chi connectivity index (χ1v) is 5.47. The molecule has 1 N–H and O–H groups in total. The number of benzene rings is 1. The van der Waals surface area contributed by atoms with Crippen molar-refractivity contribution in [2.24, 2.45) is 0 Å². The summed E-state index contributed by atoms with van der Waals surface area (Å²) in [6.07, 6.45) is 0. The van der Waals surface area contributed by atoms with Crippen molar-refractivity contribution in [2.75, 3.05) is 20.2 Å². The average molecular weight is 233 g/mol. The monoisotopic (exact) mass is 233 g/mol. The third-order valence-electron chi connectivity index (χ3n) is 2.38. The number of rotatable bonds is 5. The third-order valence-corrected chi connectivity index (χ3v) is 2.38. The maximum absolute atomic E-state index is 8.79. The molecule has 0 fully saturated rings. The number of nitrogens with zero attached hydrogens (tertiary/aromatic N) is 3. The predicted molar refractivity (Wildman–Crippen MR) is 63.2 cm³/mol. The van der Waals surface area contributed by atoms with E-state index in [4.69, 9.17) is 9.63 Å². The van der Waals surface area contributed by atoms with Crippen molar-refractivity contribution in [3.63, 3.8) is 0 Å². The predicted octanol–water partition coefficient (Wildman–Crippen LogP) is 1.16. The minimum absolute atomic E-state index is 0.125. The largest absolute Gasteiger partial charge is 0.395 e. The summed E-state index contributed by atoms with van der Waals surface area (Å²) in [6, 6.07) is 9.65. The van der Waals surface area contributed by atoms with Crippen molar-refractivity contribution in [2.45, 2.75) is 6.54 Å². The van der Waals surface area contributed by atoms with Crippen LogP contribution in [0.4, 0.5) is 0 Å². The van der Waals surface area contributed by atoms with Gasteiger partial charge in [0, 0.05) is 12.1 Å². The number of aliphatic hydroxyl groups excluding tert-OH is 1. The minimum Gasteiger partial charge on any atom is -0.395 e. The molecule has 90 valence electrons. The van der Waals surface area contributed by atoms with Gasteiger partial charge in [0.1, 0.15) is 0 Å². The Kier molecular flexibility index (Phi) is 3.85. The van der Waals surface area contributed by atoms with Gasteiger partial charge in [-0.2, -0.15) is 4.98 Å².